The van der Waals surface area contributed by atoms with E-state index in [1.165, 1.54) is 6.42 Å². The van der Waals surface area contributed by atoms with Crippen LogP contribution in [0.25, 0.3) is 0 Å². The zero-order valence-corrected chi connectivity index (χ0v) is 6.24. The molecule has 0 aliphatic rings. The lowest BCUT2D eigenvalue weighted by atomic mass is 10.3. The van der Waals surface area contributed by atoms with E-state index in [-0.39, 0.29) is 0 Å². The average Bonchev–Trinajstić information content (AvgIpc) is 1.89. The Bertz CT molecular complexity index is 44.3. The number of hydrogen-bond acceptors (Lipinski definition) is 3. The van der Waals surface area contributed by atoms with Crippen molar-refractivity contribution in [3.05, 3.63) is 0 Å². The van der Waals surface area contributed by atoms with Gasteiger partial charge in [0.1, 0.15) is 0 Å². The van der Waals surface area contributed by atoms with Crippen LogP contribution in [-0.4, -0.2) is 13.1 Å². The van der Waals surface area contributed by atoms with Gasteiger partial charge in [-0.15, -0.1) is 0 Å². The maximum Gasteiger partial charge on any atom is 0.0228 e. The molecule has 56 valence electrons. The van der Waals surface area contributed by atoms with Crippen molar-refractivity contribution in [3.8, 4) is 0 Å². The molecule has 0 saturated carbocycles. The highest BCUT2D eigenvalue weighted by atomic mass is 16.8. The number of hydrogen-bond donors (Lipinski definition) is 2. The molecule has 0 aliphatic carbocycles. The largest absolute Gasteiger partial charge is 0.214 e. The highest BCUT2D eigenvalue weighted by Crippen LogP contribution is 1.80. The lowest BCUT2D eigenvalue weighted by Gasteiger charge is -2.02. The van der Waals surface area contributed by atoms with E-state index in [2.05, 4.69) is 17.9 Å². The van der Waals surface area contributed by atoms with Crippen LogP contribution >= 0.6 is 0 Å². The molecule has 2 N–H and O–H groups in total. The van der Waals surface area contributed by atoms with Gasteiger partial charge in [0.05, 0.1) is 0 Å². The van der Waals surface area contributed by atoms with Crippen LogP contribution in [-0.2, 0) is 4.94 Å². The van der Waals surface area contributed by atoms with Gasteiger partial charge < -0.3 is 0 Å². The van der Waals surface area contributed by atoms with Gasteiger partial charge in [0, 0.05) is 13.1 Å². The van der Waals surface area contributed by atoms with Gasteiger partial charge in [0.2, 0.25) is 0 Å². The maximum absolute atomic E-state index is 4.78. The Morgan fingerprint density at radius 2 is 2.00 bits per heavy atom. The Kier molecular flexibility index (Phi) is 7.77. The molecular weight excluding hydrogens is 116 g/mol. The van der Waals surface area contributed by atoms with E-state index in [1.807, 2.05) is 6.92 Å². The minimum Gasteiger partial charge on any atom is -0.214 e. The van der Waals surface area contributed by atoms with Crippen LogP contribution < -0.4 is 11.0 Å². The molecular formula is C6H16N2O. The van der Waals surface area contributed by atoms with Gasteiger partial charge in [0.15, 0.2) is 0 Å². The standard InChI is InChI=1S/C6H16N2O/c1-3-5-6-8-9-7-4-2/h7-8H,3-6H2,1-2H3. The summed E-state index contributed by atoms with van der Waals surface area (Å²) in [6, 6.07) is 0. The van der Waals surface area contributed by atoms with Gasteiger partial charge in [-0.3, -0.25) is 0 Å². The molecule has 0 aromatic heterocycles. The lowest BCUT2D eigenvalue weighted by molar-refractivity contribution is -0.0356. The topological polar surface area (TPSA) is 33.3 Å². The fourth-order valence-corrected chi connectivity index (χ4v) is 0.423. The molecule has 9 heavy (non-hydrogen) atoms. The van der Waals surface area contributed by atoms with Crippen molar-refractivity contribution in [2.75, 3.05) is 13.1 Å². The van der Waals surface area contributed by atoms with E-state index in [0.29, 0.717) is 0 Å². The molecule has 0 fully saturated rings. The Labute approximate surface area is 56.7 Å². The maximum atomic E-state index is 4.78. The van der Waals surface area contributed by atoms with Gasteiger partial charge in [-0.2, -0.15) is 11.0 Å². The van der Waals surface area contributed by atoms with Gasteiger partial charge in [0.25, 0.3) is 0 Å². The number of hydroxylamine groups is 2. The zero-order valence-electron chi connectivity index (χ0n) is 6.24. The third kappa shape index (κ3) is 7.88. The van der Waals surface area contributed by atoms with Crippen LogP contribution in [0.5, 0.6) is 0 Å². The molecule has 0 aromatic carbocycles. The van der Waals surface area contributed by atoms with Crippen molar-refractivity contribution >= 4 is 0 Å². The summed E-state index contributed by atoms with van der Waals surface area (Å²) in [5.74, 6) is 0. The molecule has 0 aliphatic heterocycles. The minimum atomic E-state index is 0.832. The van der Waals surface area contributed by atoms with Crippen molar-refractivity contribution in [1.82, 2.24) is 11.0 Å². The Hall–Kier alpha value is -0.120. The summed E-state index contributed by atoms with van der Waals surface area (Å²) in [4.78, 5) is 4.78. The van der Waals surface area contributed by atoms with Crippen LogP contribution in [0, 0.1) is 0 Å². The molecule has 3 nitrogen and oxygen atoms in total. The van der Waals surface area contributed by atoms with Crippen molar-refractivity contribution in [2.24, 2.45) is 0 Å². The van der Waals surface area contributed by atoms with Crippen molar-refractivity contribution < 1.29 is 4.94 Å². The predicted molar refractivity (Wildman–Crippen MR) is 37.7 cm³/mol. The van der Waals surface area contributed by atoms with Crippen LogP contribution in [0.3, 0.4) is 0 Å². The first-order valence-electron chi connectivity index (χ1n) is 3.53. The molecule has 0 spiro atoms. The van der Waals surface area contributed by atoms with Crippen LogP contribution in [0.2, 0.25) is 0 Å². The lowest BCUT2D eigenvalue weighted by Crippen LogP contribution is -2.26. The summed E-state index contributed by atoms with van der Waals surface area (Å²) in [5, 5.41) is 0. The minimum absolute atomic E-state index is 0.832. The van der Waals surface area contributed by atoms with E-state index < -0.39 is 0 Å². The summed E-state index contributed by atoms with van der Waals surface area (Å²) in [5.41, 5.74) is 5.47. The smallest absolute Gasteiger partial charge is 0.0228 e. The van der Waals surface area contributed by atoms with E-state index in [0.717, 1.165) is 19.5 Å². The first-order valence-corrected chi connectivity index (χ1v) is 3.53. The molecule has 0 bridgehead atoms. The Balaban J connectivity index is 2.60. The first-order chi connectivity index (χ1) is 4.41. The summed E-state index contributed by atoms with van der Waals surface area (Å²) >= 11 is 0. The Morgan fingerprint density at radius 3 is 2.56 bits per heavy atom. The van der Waals surface area contributed by atoms with Crippen molar-refractivity contribution in [3.63, 3.8) is 0 Å². The van der Waals surface area contributed by atoms with Crippen LogP contribution in [0.15, 0.2) is 0 Å². The van der Waals surface area contributed by atoms with E-state index in [9.17, 15) is 0 Å². The van der Waals surface area contributed by atoms with Crippen molar-refractivity contribution in [1.29, 1.82) is 0 Å². The van der Waals surface area contributed by atoms with Crippen LogP contribution in [0.1, 0.15) is 26.7 Å². The van der Waals surface area contributed by atoms with E-state index in [4.69, 9.17) is 4.94 Å². The molecule has 0 aromatic rings. The predicted octanol–water partition coefficient (Wildman–Crippen LogP) is 0.832. The second-order valence-corrected chi connectivity index (χ2v) is 1.85. The van der Waals surface area contributed by atoms with Crippen molar-refractivity contribution in [2.45, 2.75) is 26.7 Å². The molecule has 0 atom stereocenters. The summed E-state index contributed by atoms with van der Waals surface area (Å²) in [6.45, 7) is 5.89. The fourth-order valence-electron chi connectivity index (χ4n) is 0.423. The normalized spacial score (nSPS) is 10.0. The fraction of sp³-hybridized carbons (Fsp3) is 1.00. The second-order valence-electron chi connectivity index (χ2n) is 1.85. The number of nitrogens with one attached hydrogen (secondary N) is 2. The zero-order chi connectivity index (χ0) is 6.95. The molecule has 0 radical (unpaired) electrons. The SMILES string of the molecule is CCCCNONCC. The highest BCUT2D eigenvalue weighted by Gasteiger charge is 1.81. The number of rotatable bonds is 6. The molecule has 3 heteroatoms. The average molecular weight is 132 g/mol. The monoisotopic (exact) mass is 132 g/mol. The third-order valence-corrected chi connectivity index (χ3v) is 0.921. The molecule has 0 rings (SSSR count). The quantitative estimate of drug-likeness (QED) is 0.415. The van der Waals surface area contributed by atoms with Gasteiger partial charge in [-0.05, 0) is 6.42 Å². The first kappa shape index (κ1) is 8.88. The Morgan fingerprint density at radius 1 is 1.22 bits per heavy atom. The summed E-state index contributed by atoms with van der Waals surface area (Å²) in [6.07, 6.45) is 2.36. The molecule has 0 unspecified atom stereocenters. The van der Waals surface area contributed by atoms with Gasteiger partial charge in [-0.1, -0.05) is 20.3 Å². The van der Waals surface area contributed by atoms with Gasteiger partial charge >= 0.3 is 0 Å². The highest BCUT2D eigenvalue weighted by molar-refractivity contribution is 4.32. The summed E-state index contributed by atoms with van der Waals surface area (Å²) in [7, 11) is 0. The molecule has 0 saturated heterocycles. The second kappa shape index (κ2) is 7.88. The number of unbranched alkanes of at least 4 members (excludes halogenated alkanes) is 1. The molecule has 0 amide bonds. The van der Waals surface area contributed by atoms with E-state index in [1.54, 1.807) is 0 Å². The molecule has 0 heterocycles. The van der Waals surface area contributed by atoms with E-state index >= 15 is 0 Å². The van der Waals surface area contributed by atoms with Crippen LogP contribution in [0.4, 0.5) is 0 Å². The summed E-state index contributed by atoms with van der Waals surface area (Å²) < 4.78 is 0. The third-order valence-electron chi connectivity index (χ3n) is 0.921. The van der Waals surface area contributed by atoms with Gasteiger partial charge in [-0.25, -0.2) is 4.94 Å².